The van der Waals surface area contributed by atoms with Crippen LogP contribution in [0.4, 0.5) is 0 Å². The predicted octanol–water partition coefficient (Wildman–Crippen LogP) is 4.35. The van der Waals surface area contributed by atoms with Gasteiger partial charge in [-0.25, -0.2) is 0 Å². The molecular formula is C25H34N2O6SSi. The quantitative estimate of drug-likeness (QED) is 0.413. The van der Waals surface area contributed by atoms with Gasteiger partial charge in [0.15, 0.2) is 8.32 Å². The Bertz CT molecular complexity index is 1320. The molecule has 10 heteroatoms. The Labute approximate surface area is 208 Å². The molecule has 35 heavy (non-hydrogen) atoms. The maximum atomic E-state index is 13.1. The number of fused-ring (bicyclic) bond motifs is 1. The number of ether oxygens (including phenoxy) is 1. The molecule has 1 aromatic carbocycles. The van der Waals surface area contributed by atoms with E-state index in [-0.39, 0.29) is 10.6 Å². The van der Waals surface area contributed by atoms with Gasteiger partial charge in [-0.2, -0.15) is 13.7 Å². The fourth-order valence-electron chi connectivity index (χ4n) is 3.81. The molecule has 0 saturated carbocycles. The lowest BCUT2D eigenvalue weighted by molar-refractivity contribution is -0.0463. The average Bonchev–Trinajstić information content (AvgIpc) is 2.72. The van der Waals surface area contributed by atoms with Crippen LogP contribution in [0.15, 0.2) is 41.3 Å². The number of pyridine rings is 1. The summed E-state index contributed by atoms with van der Waals surface area (Å²) in [6, 6.07) is 9.30. The molecule has 0 amide bonds. The number of benzene rings is 1. The van der Waals surface area contributed by atoms with Crippen molar-refractivity contribution in [3.63, 3.8) is 0 Å². The van der Waals surface area contributed by atoms with E-state index < -0.39 is 36.2 Å². The van der Waals surface area contributed by atoms with E-state index in [1.54, 1.807) is 44.3 Å². The van der Waals surface area contributed by atoms with Gasteiger partial charge in [0.05, 0.1) is 30.5 Å². The summed E-state index contributed by atoms with van der Waals surface area (Å²) in [5, 5.41) is 9.48. The minimum absolute atomic E-state index is 0.0211. The highest BCUT2D eigenvalue weighted by molar-refractivity contribution is 7.86. The zero-order valence-electron chi connectivity index (χ0n) is 21.6. The van der Waals surface area contributed by atoms with Gasteiger partial charge in [-0.15, -0.1) is 0 Å². The van der Waals surface area contributed by atoms with Gasteiger partial charge in [0.1, 0.15) is 17.5 Å². The number of aromatic nitrogens is 1. The Morgan fingerprint density at radius 1 is 1.20 bits per heavy atom. The molecule has 8 nitrogen and oxygen atoms in total. The van der Waals surface area contributed by atoms with E-state index in [4.69, 9.17) is 13.3 Å². The van der Waals surface area contributed by atoms with Gasteiger partial charge < -0.3 is 13.7 Å². The Hall–Kier alpha value is -2.45. The van der Waals surface area contributed by atoms with Crippen LogP contribution >= 0.6 is 0 Å². The Morgan fingerprint density at radius 3 is 2.43 bits per heavy atom. The standard InChI is InChI=1S/C25H34N2O6SSi/c1-24(2,3)35(7,8)31-16-18-10-12-21(28)27(15-18)22-19-13-17(14-26)9-11-20(19)32-25(4,5)23(22)33-34(6,29)30/h9-13,15,22-23H,16H2,1-8H3/t22-,23+/m1/s1. The molecule has 1 aliphatic heterocycles. The van der Waals surface area contributed by atoms with E-state index in [1.165, 1.54) is 10.6 Å². The molecule has 0 saturated heterocycles. The van der Waals surface area contributed by atoms with Crippen molar-refractivity contribution in [3.05, 3.63) is 63.6 Å². The largest absolute Gasteiger partial charge is 0.485 e. The van der Waals surface area contributed by atoms with E-state index in [0.29, 0.717) is 23.5 Å². The molecule has 1 aliphatic rings. The Balaban J connectivity index is 2.16. The fraction of sp³-hybridized carbons (Fsp3) is 0.520. The number of rotatable bonds is 6. The van der Waals surface area contributed by atoms with E-state index in [2.05, 4.69) is 39.9 Å². The first-order valence-electron chi connectivity index (χ1n) is 11.4. The molecule has 190 valence electrons. The van der Waals surface area contributed by atoms with Crippen LogP contribution in [-0.4, -0.2) is 39.3 Å². The van der Waals surface area contributed by atoms with Crippen molar-refractivity contribution >= 4 is 18.4 Å². The van der Waals surface area contributed by atoms with Gasteiger partial charge in [0.25, 0.3) is 15.7 Å². The second-order valence-corrected chi connectivity index (χ2v) is 17.5. The molecule has 0 unspecified atom stereocenters. The highest BCUT2D eigenvalue weighted by Gasteiger charge is 2.48. The summed E-state index contributed by atoms with van der Waals surface area (Å²) in [7, 11) is -5.95. The lowest BCUT2D eigenvalue weighted by atomic mass is 9.85. The van der Waals surface area contributed by atoms with Crippen molar-refractivity contribution in [2.75, 3.05) is 6.26 Å². The second-order valence-electron chi connectivity index (χ2n) is 11.1. The molecule has 1 aromatic heterocycles. The van der Waals surface area contributed by atoms with Crippen molar-refractivity contribution in [1.29, 1.82) is 5.26 Å². The summed E-state index contributed by atoms with van der Waals surface area (Å²) in [4.78, 5) is 13.1. The van der Waals surface area contributed by atoms with Crippen molar-refractivity contribution in [1.82, 2.24) is 4.57 Å². The van der Waals surface area contributed by atoms with E-state index in [9.17, 15) is 18.5 Å². The van der Waals surface area contributed by atoms with Gasteiger partial charge >= 0.3 is 0 Å². The molecule has 0 bridgehead atoms. The molecule has 2 aromatic rings. The van der Waals surface area contributed by atoms with E-state index in [0.717, 1.165) is 11.8 Å². The average molecular weight is 519 g/mol. The first-order chi connectivity index (χ1) is 15.9. The van der Waals surface area contributed by atoms with Crippen LogP contribution in [0.25, 0.3) is 0 Å². The predicted molar refractivity (Wildman–Crippen MR) is 136 cm³/mol. The monoisotopic (exact) mass is 518 g/mol. The second kappa shape index (κ2) is 9.21. The molecule has 2 atom stereocenters. The van der Waals surface area contributed by atoms with E-state index in [1.807, 2.05) is 0 Å². The summed E-state index contributed by atoms with van der Waals surface area (Å²) >= 11 is 0. The van der Waals surface area contributed by atoms with Crippen LogP contribution in [0.5, 0.6) is 5.75 Å². The molecule has 3 rings (SSSR count). The summed E-state index contributed by atoms with van der Waals surface area (Å²) in [5.74, 6) is 0.460. The first kappa shape index (κ1) is 27.1. The van der Waals surface area contributed by atoms with Gasteiger partial charge in [0, 0.05) is 17.8 Å². The molecule has 0 spiro atoms. The smallest absolute Gasteiger partial charge is 0.264 e. The minimum atomic E-state index is -3.90. The fourth-order valence-corrected chi connectivity index (χ4v) is 5.49. The normalized spacial score (nSPS) is 20.0. The zero-order chi connectivity index (χ0) is 26.4. The molecule has 0 fully saturated rings. The minimum Gasteiger partial charge on any atom is -0.485 e. The summed E-state index contributed by atoms with van der Waals surface area (Å²) in [6.07, 6.45) is 1.59. The van der Waals surface area contributed by atoms with Crippen molar-refractivity contribution in [3.8, 4) is 11.8 Å². The molecule has 2 heterocycles. The molecular weight excluding hydrogens is 484 g/mol. The van der Waals surface area contributed by atoms with Gasteiger partial charge in [0.2, 0.25) is 0 Å². The van der Waals surface area contributed by atoms with E-state index >= 15 is 0 Å². The van der Waals surface area contributed by atoms with Gasteiger partial charge in [-0.3, -0.25) is 8.98 Å². The first-order valence-corrected chi connectivity index (χ1v) is 16.1. The van der Waals surface area contributed by atoms with Crippen molar-refractivity contribution in [2.45, 2.75) is 77.1 Å². The highest BCUT2D eigenvalue weighted by atomic mass is 32.2. The SMILES string of the molecule is CC1(C)Oc2ccc(C#N)cc2[C@@H](n2cc(CO[Si](C)(C)C(C)(C)C)ccc2=O)[C@@H]1OS(C)(=O)=O. The zero-order valence-corrected chi connectivity index (χ0v) is 23.4. The maximum absolute atomic E-state index is 13.1. The third-order valence-electron chi connectivity index (χ3n) is 6.79. The lowest BCUT2D eigenvalue weighted by Gasteiger charge is -2.44. The van der Waals surface area contributed by atoms with Crippen molar-refractivity contribution in [2.24, 2.45) is 0 Å². The Morgan fingerprint density at radius 2 is 1.86 bits per heavy atom. The van der Waals surface area contributed by atoms with Crippen LogP contribution in [0.3, 0.4) is 0 Å². The lowest BCUT2D eigenvalue weighted by Crippen LogP contribution is -2.54. The van der Waals surface area contributed by atoms with Crippen LogP contribution in [0.1, 0.15) is 57.4 Å². The number of nitriles is 1. The van der Waals surface area contributed by atoms with Gasteiger partial charge in [-0.1, -0.05) is 20.8 Å². The summed E-state index contributed by atoms with van der Waals surface area (Å²) in [5.41, 5.74) is 0.207. The van der Waals surface area contributed by atoms with Crippen LogP contribution in [0, 0.1) is 11.3 Å². The Kier molecular flexibility index (Phi) is 7.14. The van der Waals surface area contributed by atoms with Gasteiger partial charge in [-0.05, 0) is 61.8 Å². The van der Waals surface area contributed by atoms with Crippen LogP contribution < -0.4 is 10.3 Å². The van der Waals surface area contributed by atoms with Crippen LogP contribution in [0.2, 0.25) is 18.1 Å². The molecule has 0 N–H and O–H groups in total. The summed E-state index contributed by atoms with van der Waals surface area (Å²) in [6.45, 7) is 14.5. The third kappa shape index (κ3) is 5.86. The number of hydrogen-bond donors (Lipinski definition) is 0. The third-order valence-corrected chi connectivity index (χ3v) is 11.8. The molecule has 0 radical (unpaired) electrons. The van der Waals surface area contributed by atoms with Crippen molar-refractivity contribution < 1.29 is 21.8 Å². The maximum Gasteiger partial charge on any atom is 0.264 e. The number of hydrogen-bond acceptors (Lipinski definition) is 7. The number of nitrogens with zero attached hydrogens (tertiary/aromatic N) is 2. The topological polar surface area (TPSA) is 108 Å². The molecule has 0 aliphatic carbocycles. The van der Waals surface area contributed by atoms with Crippen LogP contribution in [-0.2, 0) is 25.3 Å². The highest BCUT2D eigenvalue weighted by Crippen LogP contribution is 2.44. The summed E-state index contributed by atoms with van der Waals surface area (Å²) < 4.78 is 43.9.